The highest BCUT2D eigenvalue weighted by Gasteiger charge is 2.18. The average Bonchev–Trinajstić information content (AvgIpc) is 2.64. The summed E-state index contributed by atoms with van der Waals surface area (Å²) in [6, 6.07) is 8.58. The molecule has 2 N–H and O–H groups in total. The number of nitrogens with two attached hydrogens (primary N) is 1. The Kier molecular flexibility index (Phi) is 7.55. The predicted molar refractivity (Wildman–Crippen MR) is 75.4 cm³/mol. The first kappa shape index (κ1) is 16.5. The first-order chi connectivity index (χ1) is 7.28. The van der Waals surface area contributed by atoms with Crippen molar-refractivity contribution >= 4 is 24.8 Å². The van der Waals surface area contributed by atoms with Crippen LogP contribution >= 0.6 is 24.8 Å². The second kappa shape index (κ2) is 7.77. The van der Waals surface area contributed by atoms with Gasteiger partial charge >= 0.3 is 0 Å². The molecule has 1 aromatic rings. The molecule has 0 saturated carbocycles. The molecular formula is C12H20Cl2N2O. The number of benzene rings is 1. The van der Waals surface area contributed by atoms with Crippen LogP contribution in [0.1, 0.15) is 12.0 Å². The Balaban J connectivity index is 0.00000128. The lowest BCUT2D eigenvalue weighted by atomic mass is 10.2. The van der Waals surface area contributed by atoms with Crippen LogP contribution in [0.3, 0.4) is 0 Å². The summed E-state index contributed by atoms with van der Waals surface area (Å²) in [4.78, 5) is 2.39. The smallest absolute Gasteiger partial charge is 0.119 e. The second-order valence-corrected chi connectivity index (χ2v) is 4.14. The summed E-state index contributed by atoms with van der Waals surface area (Å²) in [5, 5.41) is 0. The zero-order chi connectivity index (χ0) is 10.7. The van der Waals surface area contributed by atoms with Gasteiger partial charge in [0, 0.05) is 25.7 Å². The van der Waals surface area contributed by atoms with E-state index < -0.39 is 0 Å². The quantitative estimate of drug-likeness (QED) is 0.920. The van der Waals surface area contributed by atoms with Gasteiger partial charge in [0.1, 0.15) is 5.75 Å². The number of nitrogens with zero attached hydrogens (tertiary/aromatic N) is 1. The Hall–Kier alpha value is -0.480. The van der Waals surface area contributed by atoms with E-state index in [1.54, 1.807) is 7.11 Å². The molecular weight excluding hydrogens is 259 g/mol. The summed E-state index contributed by atoms with van der Waals surface area (Å²) < 4.78 is 5.20. The summed E-state index contributed by atoms with van der Waals surface area (Å²) >= 11 is 0. The maximum Gasteiger partial charge on any atom is 0.119 e. The van der Waals surface area contributed by atoms with Crippen LogP contribution < -0.4 is 10.5 Å². The van der Waals surface area contributed by atoms with Crippen molar-refractivity contribution < 1.29 is 4.74 Å². The highest BCUT2D eigenvalue weighted by Crippen LogP contribution is 2.16. The van der Waals surface area contributed by atoms with Crippen molar-refractivity contribution in [2.75, 3.05) is 20.2 Å². The molecule has 0 amide bonds. The van der Waals surface area contributed by atoms with Crippen LogP contribution in [0.15, 0.2) is 24.3 Å². The number of rotatable bonds is 3. The molecule has 1 heterocycles. The number of methoxy groups -OCH3 is 1. The fourth-order valence-corrected chi connectivity index (χ4v) is 2.04. The van der Waals surface area contributed by atoms with Crippen molar-refractivity contribution in [3.8, 4) is 5.75 Å². The Labute approximate surface area is 115 Å². The lowest BCUT2D eigenvalue weighted by Gasteiger charge is -2.15. The van der Waals surface area contributed by atoms with Crippen molar-refractivity contribution in [2.45, 2.75) is 19.0 Å². The molecule has 0 bridgehead atoms. The van der Waals surface area contributed by atoms with Crippen molar-refractivity contribution in [3.63, 3.8) is 0 Å². The number of hydrogen-bond acceptors (Lipinski definition) is 3. The Morgan fingerprint density at radius 2 is 2.18 bits per heavy atom. The van der Waals surface area contributed by atoms with Gasteiger partial charge in [0.2, 0.25) is 0 Å². The van der Waals surface area contributed by atoms with Crippen molar-refractivity contribution in [2.24, 2.45) is 5.73 Å². The van der Waals surface area contributed by atoms with E-state index >= 15 is 0 Å². The molecule has 0 aliphatic carbocycles. The fourth-order valence-electron chi connectivity index (χ4n) is 2.04. The minimum Gasteiger partial charge on any atom is -0.497 e. The first-order valence-corrected chi connectivity index (χ1v) is 5.39. The van der Waals surface area contributed by atoms with Crippen LogP contribution in [0.2, 0.25) is 0 Å². The molecule has 1 saturated heterocycles. The van der Waals surface area contributed by atoms with Gasteiger partial charge in [-0.1, -0.05) is 12.1 Å². The molecule has 0 aromatic heterocycles. The molecule has 5 heteroatoms. The Bertz CT molecular complexity index is 336. The third-order valence-corrected chi connectivity index (χ3v) is 2.85. The highest BCUT2D eigenvalue weighted by atomic mass is 35.5. The van der Waals surface area contributed by atoms with Gasteiger partial charge in [-0.25, -0.2) is 0 Å². The van der Waals surface area contributed by atoms with Crippen molar-refractivity contribution in [1.82, 2.24) is 4.90 Å². The van der Waals surface area contributed by atoms with Gasteiger partial charge in [-0.2, -0.15) is 0 Å². The van der Waals surface area contributed by atoms with Gasteiger partial charge in [-0.3, -0.25) is 4.90 Å². The average molecular weight is 279 g/mol. The van der Waals surface area contributed by atoms with Crippen molar-refractivity contribution in [3.05, 3.63) is 29.8 Å². The number of ether oxygens (including phenoxy) is 1. The SMILES string of the molecule is COc1cccc(CN2CC[C@H](N)C2)c1.Cl.Cl. The van der Waals surface area contributed by atoms with Crippen LogP contribution in [0, 0.1) is 0 Å². The fraction of sp³-hybridized carbons (Fsp3) is 0.500. The minimum atomic E-state index is 0. The monoisotopic (exact) mass is 278 g/mol. The molecule has 0 unspecified atom stereocenters. The molecule has 1 aromatic carbocycles. The van der Waals surface area contributed by atoms with E-state index in [0.717, 1.165) is 31.8 Å². The third kappa shape index (κ3) is 4.72. The normalized spacial score (nSPS) is 19.3. The lowest BCUT2D eigenvalue weighted by Crippen LogP contribution is -2.26. The molecule has 1 atom stereocenters. The van der Waals surface area contributed by atoms with Gasteiger partial charge in [-0.05, 0) is 24.1 Å². The molecule has 98 valence electrons. The maximum absolute atomic E-state index is 5.87. The van der Waals surface area contributed by atoms with Gasteiger partial charge in [0.25, 0.3) is 0 Å². The topological polar surface area (TPSA) is 38.5 Å². The van der Waals surface area contributed by atoms with Crippen LogP contribution in [-0.2, 0) is 6.54 Å². The van der Waals surface area contributed by atoms with Crippen LogP contribution in [0.25, 0.3) is 0 Å². The van der Waals surface area contributed by atoms with Gasteiger partial charge < -0.3 is 10.5 Å². The van der Waals surface area contributed by atoms with Gasteiger partial charge in [0.15, 0.2) is 0 Å². The summed E-state index contributed by atoms with van der Waals surface area (Å²) in [7, 11) is 1.70. The van der Waals surface area contributed by atoms with Gasteiger partial charge in [-0.15, -0.1) is 24.8 Å². The number of hydrogen-bond donors (Lipinski definition) is 1. The highest BCUT2D eigenvalue weighted by molar-refractivity contribution is 5.85. The Morgan fingerprint density at radius 1 is 1.41 bits per heavy atom. The summed E-state index contributed by atoms with van der Waals surface area (Å²) in [6.07, 6.45) is 1.12. The van der Waals surface area contributed by atoms with E-state index in [1.165, 1.54) is 5.56 Å². The van der Waals surface area contributed by atoms with E-state index in [-0.39, 0.29) is 24.8 Å². The standard InChI is InChI=1S/C12H18N2O.2ClH/c1-15-12-4-2-3-10(7-12)8-14-6-5-11(13)9-14;;/h2-4,7,11H,5-6,8-9,13H2,1H3;2*1H/t11-;;/m0../s1. The number of halogens is 2. The van der Waals surface area contributed by atoms with Crippen LogP contribution in [0.5, 0.6) is 5.75 Å². The van der Waals surface area contributed by atoms with E-state index in [2.05, 4.69) is 17.0 Å². The molecule has 1 aliphatic rings. The molecule has 0 radical (unpaired) electrons. The third-order valence-electron chi connectivity index (χ3n) is 2.85. The molecule has 0 spiro atoms. The Morgan fingerprint density at radius 3 is 2.76 bits per heavy atom. The zero-order valence-corrected chi connectivity index (χ0v) is 11.6. The molecule has 17 heavy (non-hydrogen) atoms. The van der Waals surface area contributed by atoms with E-state index in [9.17, 15) is 0 Å². The maximum atomic E-state index is 5.87. The van der Waals surface area contributed by atoms with Gasteiger partial charge in [0.05, 0.1) is 7.11 Å². The molecule has 1 aliphatic heterocycles. The molecule has 2 rings (SSSR count). The van der Waals surface area contributed by atoms with Crippen molar-refractivity contribution in [1.29, 1.82) is 0 Å². The molecule has 3 nitrogen and oxygen atoms in total. The largest absolute Gasteiger partial charge is 0.497 e. The van der Waals surface area contributed by atoms with E-state index in [0.29, 0.717) is 6.04 Å². The van der Waals surface area contributed by atoms with Crippen LogP contribution in [-0.4, -0.2) is 31.1 Å². The molecule has 1 fully saturated rings. The van der Waals surface area contributed by atoms with Crippen LogP contribution in [0.4, 0.5) is 0 Å². The predicted octanol–water partition coefficient (Wildman–Crippen LogP) is 2.07. The van der Waals surface area contributed by atoms with E-state index in [4.69, 9.17) is 10.5 Å². The summed E-state index contributed by atoms with van der Waals surface area (Å²) in [5.41, 5.74) is 7.16. The second-order valence-electron chi connectivity index (χ2n) is 4.14. The lowest BCUT2D eigenvalue weighted by molar-refractivity contribution is 0.326. The first-order valence-electron chi connectivity index (χ1n) is 5.39. The van der Waals surface area contributed by atoms with E-state index in [1.807, 2.05) is 12.1 Å². The number of likely N-dealkylation sites (tertiary alicyclic amines) is 1. The zero-order valence-electron chi connectivity index (χ0n) is 9.96. The summed E-state index contributed by atoms with van der Waals surface area (Å²) in [6.45, 7) is 3.10. The minimum absolute atomic E-state index is 0. The summed E-state index contributed by atoms with van der Waals surface area (Å²) in [5.74, 6) is 0.927.